The Morgan fingerprint density at radius 2 is 2.11 bits per heavy atom. The van der Waals surface area contributed by atoms with Crippen LogP contribution in [-0.4, -0.2) is 23.5 Å². The molecule has 0 radical (unpaired) electrons. The molecule has 0 spiro atoms. The summed E-state index contributed by atoms with van der Waals surface area (Å²) in [6, 6.07) is 1.89. The van der Waals surface area contributed by atoms with Crippen molar-refractivity contribution in [3.05, 3.63) is 0 Å². The Morgan fingerprint density at radius 1 is 1.22 bits per heavy atom. The van der Waals surface area contributed by atoms with Gasteiger partial charge in [-0.1, -0.05) is 6.42 Å². The first-order valence-electron chi connectivity index (χ1n) is 4.13. The number of fused-ring (bicyclic) bond motifs is 1. The van der Waals surface area contributed by atoms with Crippen LogP contribution in [0.15, 0.2) is 0 Å². The van der Waals surface area contributed by atoms with Crippen LogP contribution in [0.4, 0.5) is 0 Å². The highest BCUT2D eigenvalue weighted by molar-refractivity contribution is 4.89. The summed E-state index contributed by atoms with van der Waals surface area (Å²) in [6.45, 7) is 3.75. The zero-order valence-electron chi connectivity index (χ0n) is 6.14. The molecule has 0 aromatic heterocycles. The molecule has 0 bridgehead atoms. The fourth-order valence-electron chi connectivity index (χ4n) is 2.17. The summed E-state index contributed by atoms with van der Waals surface area (Å²) in [7, 11) is 0. The second kappa shape index (κ2) is 1.98. The molecular formula is C8H15N. The predicted octanol–water partition coefficient (Wildman–Crippen LogP) is 1.63. The molecule has 52 valence electrons. The quantitative estimate of drug-likeness (QED) is 0.475. The standard InChI is InChI=1S/C8H15N/c1-7-3-2-4-8-5-6-9(7)8/h7-8H,2-6H2,1H3. The molecule has 0 aromatic rings. The van der Waals surface area contributed by atoms with E-state index in [1.54, 1.807) is 0 Å². The number of nitrogens with zero attached hydrogens (tertiary/aromatic N) is 1. The van der Waals surface area contributed by atoms with Crippen LogP contribution in [0.5, 0.6) is 0 Å². The van der Waals surface area contributed by atoms with Crippen LogP contribution in [0, 0.1) is 0 Å². The van der Waals surface area contributed by atoms with Gasteiger partial charge in [0.1, 0.15) is 0 Å². The van der Waals surface area contributed by atoms with Gasteiger partial charge in [-0.15, -0.1) is 0 Å². The lowest BCUT2D eigenvalue weighted by atomic mass is 9.88. The average Bonchev–Trinajstić information content (AvgIpc) is 1.74. The van der Waals surface area contributed by atoms with Gasteiger partial charge in [0.05, 0.1) is 0 Å². The minimum atomic E-state index is 0.900. The van der Waals surface area contributed by atoms with Crippen LogP contribution < -0.4 is 0 Å². The normalized spacial score (nSPS) is 43.7. The summed E-state index contributed by atoms with van der Waals surface area (Å²) in [5.74, 6) is 0. The molecule has 9 heavy (non-hydrogen) atoms. The first-order chi connectivity index (χ1) is 4.38. The number of piperidine rings is 1. The highest BCUT2D eigenvalue weighted by atomic mass is 15.2. The van der Waals surface area contributed by atoms with E-state index < -0.39 is 0 Å². The summed E-state index contributed by atoms with van der Waals surface area (Å²) in [6.07, 6.45) is 5.87. The second-order valence-electron chi connectivity index (χ2n) is 3.46. The Hall–Kier alpha value is -0.0400. The van der Waals surface area contributed by atoms with Crippen molar-refractivity contribution in [2.45, 2.75) is 44.7 Å². The predicted molar refractivity (Wildman–Crippen MR) is 38.4 cm³/mol. The van der Waals surface area contributed by atoms with Gasteiger partial charge in [-0.3, -0.25) is 4.90 Å². The van der Waals surface area contributed by atoms with Gasteiger partial charge in [0.25, 0.3) is 0 Å². The third-order valence-corrected chi connectivity index (χ3v) is 2.91. The number of rotatable bonds is 0. The molecule has 2 saturated heterocycles. The smallest absolute Gasteiger partial charge is 0.0110 e. The van der Waals surface area contributed by atoms with Crippen molar-refractivity contribution in [3.63, 3.8) is 0 Å². The summed E-state index contributed by atoms with van der Waals surface area (Å²) in [5, 5.41) is 0. The van der Waals surface area contributed by atoms with Crippen molar-refractivity contribution in [1.82, 2.24) is 4.90 Å². The SMILES string of the molecule is CC1CCCC2CCN12. The van der Waals surface area contributed by atoms with Crippen LogP contribution in [-0.2, 0) is 0 Å². The van der Waals surface area contributed by atoms with E-state index in [9.17, 15) is 0 Å². The molecule has 0 amide bonds. The Morgan fingerprint density at radius 3 is 2.56 bits per heavy atom. The first kappa shape index (κ1) is 5.72. The molecular weight excluding hydrogens is 110 g/mol. The molecule has 2 atom stereocenters. The molecule has 1 nitrogen and oxygen atoms in total. The van der Waals surface area contributed by atoms with Crippen molar-refractivity contribution >= 4 is 0 Å². The minimum absolute atomic E-state index is 0.900. The van der Waals surface area contributed by atoms with E-state index in [0.29, 0.717) is 0 Å². The molecule has 2 rings (SSSR count). The monoisotopic (exact) mass is 125 g/mol. The van der Waals surface area contributed by atoms with E-state index in [4.69, 9.17) is 0 Å². The maximum atomic E-state index is 2.66. The molecule has 0 aromatic carbocycles. The molecule has 2 fully saturated rings. The van der Waals surface area contributed by atoms with E-state index in [-0.39, 0.29) is 0 Å². The van der Waals surface area contributed by atoms with Crippen LogP contribution in [0.2, 0.25) is 0 Å². The Labute approximate surface area is 57.0 Å². The fourth-order valence-corrected chi connectivity index (χ4v) is 2.17. The van der Waals surface area contributed by atoms with Crippen molar-refractivity contribution < 1.29 is 0 Å². The van der Waals surface area contributed by atoms with Crippen molar-refractivity contribution in [3.8, 4) is 0 Å². The number of hydrogen-bond acceptors (Lipinski definition) is 1. The molecule has 0 N–H and O–H groups in total. The molecule has 2 aliphatic rings. The van der Waals surface area contributed by atoms with Gasteiger partial charge in [-0.2, -0.15) is 0 Å². The molecule has 2 unspecified atom stereocenters. The van der Waals surface area contributed by atoms with Crippen molar-refractivity contribution in [2.24, 2.45) is 0 Å². The van der Waals surface area contributed by atoms with Gasteiger partial charge < -0.3 is 0 Å². The van der Waals surface area contributed by atoms with Gasteiger partial charge in [-0.05, 0) is 26.2 Å². The maximum Gasteiger partial charge on any atom is 0.0110 e. The van der Waals surface area contributed by atoms with Crippen molar-refractivity contribution in [1.29, 1.82) is 0 Å². The Kier molecular flexibility index (Phi) is 1.26. The zero-order chi connectivity index (χ0) is 6.27. The van der Waals surface area contributed by atoms with E-state index >= 15 is 0 Å². The summed E-state index contributed by atoms with van der Waals surface area (Å²) < 4.78 is 0. The summed E-state index contributed by atoms with van der Waals surface area (Å²) in [5.41, 5.74) is 0. The largest absolute Gasteiger partial charge is 0.298 e. The van der Waals surface area contributed by atoms with Crippen LogP contribution in [0.1, 0.15) is 32.6 Å². The van der Waals surface area contributed by atoms with Crippen LogP contribution in [0.3, 0.4) is 0 Å². The third kappa shape index (κ3) is 0.787. The lowest BCUT2D eigenvalue weighted by molar-refractivity contribution is 0.0108. The first-order valence-corrected chi connectivity index (χ1v) is 4.13. The molecule has 0 aliphatic carbocycles. The van der Waals surface area contributed by atoms with E-state index in [0.717, 1.165) is 12.1 Å². The number of hydrogen-bond donors (Lipinski definition) is 0. The molecule has 1 heteroatoms. The second-order valence-corrected chi connectivity index (χ2v) is 3.46. The van der Waals surface area contributed by atoms with Gasteiger partial charge in [0, 0.05) is 18.6 Å². The highest BCUT2D eigenvalue weighted by Crippen LogP contribution is 2.31. The summed E-state index contributed by atoms with van der Waals surface area (Å²) >= 11 is 0. The Bertz CT molecular complexity index is 105. The minimum Gasteiger partial charge on any atom is -0.298 e. The van der Waals surface area contributed by atoms with Gasteiger partial charge >= 0.3 is 0 Å². The van der Waals surface area contributed by atoms with E-state index in [2.05, 4.69) is 11.8 Å². The average molecular weight is 125 g/mol. The molecule has 0 saturated carbocycles. The molecule has 2 aliphatic heterocycles. The Balaban J connectivity index is 1.98. The van der Waals surface area contributed by atoms with Gasteiger partial charge in [0.2, 0.25) is 0 Å². The van der Waals surface area contributed by atoms with E-state index in [1.807, 2.05) is 0 Å². The lowest BCUT2D eigenvalue weighted by Crippen LogP contribution is -2.54. The third-order valence-electron chi connectivity index (χ3n) is 2.91. The van der Waals surface area contributed by atoms with Crippen LogP contribution in [0.25, 0.3) is 0 Å². The topological polar surface area (TPSA) is 3.24 Å². The lowest BCUT2D eigenvalue weighted by Gasteiger charge is -2.48. The maximum absolute atomic E-state index is 2.66. The van der Waals surface area contributed by atoms with E-state index in [1.165, 1.54) is 32.2 Å². The van der Waals surface area contributed by atoms with Gasteiger partial charge in [-0.25, -0.2) is 0 Å². The molecule has 2 heterocycles. The van der Waals surface area contributed by atoms with Crippen LogP contribution >= 0.6 is 0 Å². The summed E-state index contributed by atoms with van der Waals surface area (Å²) in [4.78, 5) is 2.66. The van der Waals surface area contributed by atoms with Crippen molar-refractivity contribution in [2.75, 3.05) is 6.54 Å². The van der Waals surface area contributed by atoms with Gasteiger partial charge in [0.15, 0.2) is 0 Å². The zero-order valence-corrected chi connectivity index (χ0v) is 6.14. The highest BCUT2D eigenvalue weighted by Gasteiger charge is 2.33. The fraction of sp³-hybridized carbons (Fsp3) is 1.00.